The summed E-state index contributed by atoms with van der Waals surface area (Å²) in [6, 6.07) is 7.58. The van der Waals surface area contributed by atoms with Crippen molar-refractivity contribution in [3.8, 4) is 0 Å². The van der Waals surface area contributed by atoms with Gasteiger partial charge in [0.25, 0.3) is 0 Å². The first-order chi connectivity index (χ1) is 8.74. The van der Waals surface area contributed by atoms with Gasteiger partial charge >= 0.3 is 0 Å². The second-order valence-corrected chi connectivity index (χ2v) is 4.11. The van der Waals surface area contributed by atoms with E-state index in [4.69, 9.17) is 4.74 Å². The minimum Gasteiger partial charge on any atom is -0.378 e. The zero-order chi connectivity index (χ0) is 12.8. The SMILES string of the molecule is CC(=O)Nc1ccc(/C=N/N2CCOCC2)cc1. The van der Waals surface area contributed by atoms with Crippen LogP contribution in [0.2, 0.25) is 0 Å². The molecule has 1 aliphatic rings. The predicted molar refractivity (Wildman–Crippen MR) is 70.7 cm³/mol. The van der Waals surface area contributed by atoms with E-state index in [9.17, 15) is 4.79 Å². The average molecular weight is 247 g/mol. The smallest absolute Gasteiger partial charge is 0.221 e. The quantitative estimate of drug-likeness (QED) is 0.819. The number of benzene rings is 1. The van der Waals surface area contributed by atoms with Crippen molar-refractivity contribution in [3.05, 3.63) is 29.8 Å². The largest absolute Gasteiger partial charge is 0.378 e. The number of hydrogen-bond donors (Lipinski definition) is 1. The number of carbonyl (C=O) groups is 1. The molecule has 0 aromatic heterocycles. The van der Waals surface area contributed by atoms with Crippen LogP contribution in [0.4, 0.5) is 5.69 Å². The fourth-order valence-electron chi connectivity index (χ4n) is 1.67. The van der Waals surface area contributed by atoms with E-state index in [2.05, 4.69) is 10.4 Å². The van der Waals surface area contributed by atoms with E-state index in [1.165, 1.54) is 6.92 Å². The van der Waals surface area contributed by atoms with Crippen LogP contribution in [0.25, 0.3) is 0 Å². The van der Waals surface area contributed by atoms with Crippen molar-refractivity contribution in [1.82, 2.24) is 5.01 Å². The van der Waals surface area contributed by atoms with Crippen LogP contribution in [0.1, 0.15) is 12.5 Å². The third kappa shape index (κ3) is 3.85. The zero-order valence-corrected chi connectivity index (χ0v) is 10.4. The van der Waals surface area contributed by atoms with Crippen molar-refractivity contribution >= 4 is 17.8 Å². The predicted octanol–water partition coefficient (Wildman–Crippen LogP) is 1.31. The summed E-state index contributed by atoms with van der Waals surface area (Å²) in [4.78, 5) is 10.9. The number of morpholine rings is 1. The summed E-state index contributed by atoms with van der Waals surface area (Å²) in [6.45, 7) is 4.63. The van der Waals surface area contributed by atoms with Gasteiger partial charge < -0.3 is 10.1 Å². The minimum absolute atomic E-state index is 0.0651. The number of nitrogens with one attached hydrogen (secondary N) is 1. The number of hydrogen-bond acceptors (Lipinski definition) is 4. The maximum Gasteiger partial charge on any atom is 0.221 e. The number of amides is 1. The standard InChI is InChI=1S/C13H17N3O2/c1-11(17)15-13-4-2-12(3-5-13)10-14-16-6-8-18-9-7-16/h2-5,10H,6-9H2,1H3,(H,15,17)/b14-10+. The van der Waals surface area contributed by atoms with Crippen molar-refractivity contribution in [1.29, 1.82) is 0 Å². The number of hydrazone groups is 1. The molecule has 0 saturated carbocycles. The molecule has 0 aliphatic carbocycles. The van der Waals surface area contributed by atoms with Gasteiger partial charge in [-0.05, 0) is 17.7 Å². The molecule has 18 heavy (non-hydrogen) atoms. The molecule has 1 aliphatic heterocycles. The molecule has 0 radical (unpaired) electrons. The Morgan fingerprint density at radius 2 is 2.00 bits per heavy atom. The van der Waals surface area contributed by atoms with Gasteiger partial charge in [0, 0.05) is 12.6 Å². The lowest BCUT2D eigenvalue weighted by molar-refractivity contribution is -0.114. The van der Waals surface area contributed by atoms with Gasteiger partial charge in [-0.25, -0.2) is 0 Å². The molecule has 5 nitrogen and oxygen atoms in total. The molecule has 1 heterocycles. The van der Waals surface area contributed by atoms with E-state index in [0.717, 1.165) is 37.6 Å². The maximum atomic E-state index is 10.9. The number of ether oxygens (including phenoxy) is 1. The van der Waals surface area contributed by atoms with Gasteiger partial charge in [-0.2, -0.15) is 5.10 Å². The van der Waals surface area contributed by atoms with E-state index >= 15 is 0 Å². The monoisotopic (exact) mass is 247 g/mol. The Morgan fingerprint density at radius 1 is 1.33 bits per heavy atom. The van der Waals surface area contributed by atoms with E-state index < -0.39 is 0 Å². The lowest BCUT2D eigenvalue weighted by Crippen LogP contribution is -2.32. The highest BCUT2D eigenvalue weighted by atomic mass is 16.5. The van der Waals surface area contributed by atoms with Gasteiger partial charge in [-0.1, -0.05) is 12.1 Å². The second-order valence-electron chi connectivity index (χ2n) is 4.11. The van der Waals surface area contributed by atoms with Crippen LogP contribution in [0.3, 0.4) is 0 Å². The van der Waals surface area contributed by atoms with Gasteiger partial charge in [0.15, 0.2) is 0 Å². The first-order valence-corrected chi connectivity index (χ1v) is 5.98. The Morgan fingerprint density at radius 3 is 2.61 bits per heavy atom. The van der Waals surface area contributed by atoms with Gasteiger partial charge in [-0.3, -0.25) is 9.80 Å². The molecule has 1 aromatic rings. The van der Waals surface area contributed by atoms with Gasteiger partial charge in [-0.15, -0.1) is 0 Å². The molecule has 1 N–H and O–H groups in total. The van der Waals surface area contributed by atoms with Crippen LogP contribution in [-0.4, -0.2) is 43.4 Å². The van der Waals surface area contributed by atoms with E-state index in [-0.39, 0.29) is 5.91 Å². The summed E-state index contributed by atoms with van der Waals surface area (Å²) in [5, 5.41) is 9.10. The van der Waals surface area contributed by atoms with E-state index in [0.29, 0.717) is 0 Å². The fraction of sp³-hybridized carbons (Fsp3) is 0.385. The van der Waals surface area contributed by atoms with Gasteiger partial charge in [0.1, 0.15) is 0 Å². The molecule has 1 aromatic carbocycles. The number of anilines is 1. The van der Waals surface area contributed by atoms with Crippen molar-refractivity contribution in [2.75, 3.05) is 31.6 Å². The Kier molecular flexibility index (Phi) is 4.30. The van der Waals surface area contributed by atoms with Crippen LogP contribution in [-0.2, 0) is 9.53 Å². The number of carbonyl (C=O) groups excluding carboxylic acids is 1. The molecule has 1 saturated heterocycles. The summed E-state index contributed by atoms with van der Waals surface area (Å²) >= 11 is 0. The molecule has 1 fully saturated rings. The van der Waals surface area contributed by atoms with Gasteiger partial charge in [0.2, 0.25) is 5.91 Å². The zero-order valence-electron chi connectivity index (χ0n) is 10.4. The van der Waals surface area contributed by atoms with Crippen molar-refractivity contribution < 1.29 is 9.53 Å². The summed E-state index contributed by atoms with van der Waals surface area (Å²) in [7, 11) is 0. The lowest BCUT2D eigenvalue weighted by Gasteiger charge is -2.23. The molecule has 0 atom stereocenters. The molecule has 2 rings (SSSR count). The van der Waals surface area contributed by atoms with Crippen LogP contribution in [0.15, 0.2) is 29.4 Å². The molecule has 5 heteroatoms. The first-order valence-electron chi connectivity index (χ1n) is 5.98. The highest BCUT2D eigenvalue weighted by Gasteiger charge is 2.06. The molecular formula is C13H17N3O2. The lowest BCUT2D eigenvalue weighted by atomic mass is 10.2. The second kappa shape index (κ2) is 6.16. The summed E-state index contributed by atoms with van der Waals surface area (Å²) in [5.41, 5.74) is 1.81. The van der Waals surface area contributed by atoms with E-state index in [1.54, 1.807) is 0 Å². The molecule has 0 unspecified atom stereocenters. The van der Waals surface area contributed by atoms with Crippen LogP contribution < -0.4 is 5.32 Å². The Bertz CT molecular complexity index is 422. The Balaban J connectivity index is 1.92. The minimum atomic E-state index is -0.0651. The van der Waals surface area contributed by atoms with Crippen molar-refractivity contribution in [2.45, 2.75) is 6.92 Å². The van der Waals surface area contributed by atoms with Crippen molar-refractivity contribution in [2.24, 2.45) is 5.10 Å². The first kappa shape index (κ1) is 12.6. The van der Waals surface area contributed by atoms with E-state index in [1.807, 2.05) is 35.5 Å². The van der Waals surface area contributed by atoms with Crippen LogP contribution in [0, 0.1) is 0 Å². The Hall–Kier alpha value is -1.88. The molecule has 0 spiro atoms. The number of nitrogens with zero attached hydrogens (tertiary/aromatic N) is 2. The molecule has 1 amide bonds. The summed E-state index contributed by atoms with van der Waals surface area (Å²) < 4.78 is 5.25. The highest BCUT2D eigenvalue weighted by molar-refractivity contribution is 5.89. The Labute approximate surface area is 106 Å². The molecule has 96 valence electrons. The van der Waals surface area contributed by atoms with Crippen molar-refractivity contribution in [3.63, 3.8) is 0 Å². The summed E-state index contributed by atoms with van der Waals surface area (Å²) in [6.07, 6.45) is 1.82. The maximum absolute atomic E-state index is 10.9. The fourth-order valence-corrected chi connectivity index (χ4v) is 1.67. The van der Waals surface area contributed by atoms with Crippen LogP contribution in [0.5, 0.6) is 0 Å². The molecular weight excluding hydrogens is 230 g/mol. The summed E-state index contributed by atoms with van der Waals surface area (Å²) in [5.74, 6) is -0.0651. The third-order valence-corrected chi connectivity index (χ3v) is 2.59. The highest BCUT2D eigenvalue weighted by Crippen LogP contribution is 2.08. The topological polar surface area (TPSA) is 53.9 Å². The van der Waals surface area contributed by atoms with Gasteiger partial charge in [0.05, 0.1) is 32.5 Å². The normalized spacial score (nSPS) is 15.9. The third-order valence-electron chi connectivity index (χ3n) is 2.59. The molecule has 0 bridgehead atoms. The average Bonchev–Trinajstić information content (AvgIpc) is 2.38. The van der Waals surface area contributed by atoms with Crippen LogP contribution >= 0.6 is 0 Å². The number of rotatable bonds is 3.